The van der Waals surface area contributed by atoms with Crippen molar-refractivity contribution in [3.63, 3.8) is 0 Å². The van der Waals surface area contributed by atoms with Crippen LogP contribution in [0.15, 0.2) is 91.3 Å². The number of carbonyl (C=O) groups is 2. The molecule has 5 aromatic rings. The number of morpholine rings is 1. The number of fused-ring (bicyclic) bond motifs is 1. The number of anilines is 3. The van der Waals surface area contributed by atoms with E-state index in [4.69, 9.17) is 39.9 Å². The Kier molecular flexibility index (Phi) is 11.8. The van der Waals surface area contributed by atoms with Gasteiger partial charge in [-0.1, -0.05) is 55.1 Å². The van der Waals surface area contributed by atoms with E-state index in [-0.39, 0.29) is 11.1 Å². The molecule has 7 rings (SSSR count). The van der Waals surface area contributed by atoms with Crippen LogP contribution in [0.25, 0.3) is 11.3 Å². The lowest BCUT2D eigenvalue weighted by atomic mass is 10.1. The first kappa shape index (κ1) is 36.1. The van der Waals surface area contributed by atoms with E-state index in [1.165, 1.54) is 0 Å². The first-order valence-corrected chi connectivity index (χ1v) is 17.2. The maximum atomic E-state index is 12.3. The monoisotopic (exact) mass is 720 g/mol. The first-order chi connectivity index (χ1) is 25.3. The smallest absolute Gasteiger partial charge is 0.284 e. The molecule has 268 valence electrons. The number of nitrogens with zero attached hydrogens (tertiary/aromatic N) is 7. The van der Waals surface area contributed by atoms with Gasteiger partial charge in [0.2, 0.25) is 17.8 Å². The molecule has 3 aromatic carbocycles. The molecule has 0 bridgehead atoms. The molecule has 1 saturated heterocycles. The Morgan fingerprint density at radius 2 is 1.40 bits per heavy atom. The molecule has 0 aliphatic carbocycles. The second kappa shape index (κ2) is 17.0. The number of rotatable bonds is 10. The summed E-state index contributed by atoms with van der Waals surface area (Å²) >= 11 is 4.09. The van der Waals surface area contributed by atoms with Crippen LogP contribution in [0, 0.1) is 0 Å². The minimum atomic E-state index is -0.379. The maximum Gasteiger partial charge on any atom is 0.284 e. The van der Waals surface area contributed by atoms with Crippen LogP contribution in [0.5, 0.6) is 11.5 Å². The molecule has 13 nitrogen and oxygen atoms in total. The van der Waals surface area contributed by atoms with E-state index in [2.05, 4.69) is 22.4 Å². The number of methoxy groups -OCH3 is 2. The van der Waals surface area contributed by atoms with E-state index >= 15 is 0 Å². The van der Waals surface area contributed by atoms with Crippen LogP contribution in [0.4, 0.5) is 22.5 Å². The minimum absolute atomic E-state index is 0.337. The van der Waals surface area contributed by atoms with Gasteiger partial charge in [0.15, 0.2) is 0 Å². The molecular weight excluding hydrogens is 681 g/mol. The number of primary amides is 1. The lowest BCUT2D eigenvalue weighted by molar-refractivity contribution is 0.1000. The lowest BCUT2D eigenvalue weighted by Crippen LogP contribution is -2.37. The highest BCUT2D eigenvalue weighted by Crippen LogP contribution is 2.36. The predicted octanol–water partition coefficient (Wildman–Crippen LogP) is 5.19. The number of thiol groups is 1. The number of amides is 2. The zero-order chi connectivity index (χ0) is 36.5. The fraction of sp³-hybridized carbons (Fsp3) is 0.263. The predicted molar refractivity (Wildman–Crippen MR) is 202 cm³/mol. The van der Waals surface area contributed by atoms with Crippen molar-refractivity contribution in [1.82, 2.24) is 19.9 Å². The molecule has 2 aliphatic heterocycles. The summed E-state index contributed by atoms with van der Waals surface area (Å²) < 4.78 is 16.2. The van der Waals surface area contributed by atoms with Crippen molar-refractivity contribution < 1.29 is 23.8 Å². The molecular formula is C38H40N8O5S. The molecule has 2 N–H and O–H groups in total. The summed E-state index contributed by atoms with van der Waals surface area (Å²) in [6.07, 6.45) is 4.23. The molecule has 1 fully saturated rings. The number of aromatic nitrogens is 4. The highest BCUT2D eigenvalue weighted by molar-refractivity contribution is 7.96. The second-order valence-electron chi connectivity index (χ2n) is 12.0. The fourth-order valence-corrected chi connectivity index (χ4v) is 6.08. The summed E-state index contributed by atoms with van der Waals surface area (Å²) in [6, 6.07) is 24.7. The molecule has 2 aromatic heterocycles. The van der Waals surface area contributed by atoms with Crippen LogP contribution in [0.1, 0.15) is 27.0 Å². The zero-order valence-corrected chi connectivity index (χ0v) is 29.9. The van der Waals surface area contributed by atoms with Gasteiger partial charge in [-0.05, 0) is 53.9 Å². The Morgan fingerprint density at radius 3 is 1.90 bits per heavy atom. The first-order valence-electron chi connectivity index (χ1n) is 16.7. The van der Waals surface area contributed by atoms with Gasteiger partial charge >= 0.3 is 0 Å². The van der Waals surface area contributed by atoms with Crippen LogP contribution in [0.3, 0.4) is 0 Å². The molecule has 14 heteroatoms. The molecule has 52 heavy (non-hydrogen) atoms. The van der Waals surface area contributed by atoms with Crippen LogP contribution in [0.2, 0.25) is 0 Å². The van der Waals surface area contributed by atoms with Gasteiger partial charge in [-0.15, -0.1) is 0 Å². The third-order valence-electron chi connectivity index (χ3n) is 8.66. The number of benzene rings is 3. The van der Waals surface area contributed by atoms with Crippen molar-refractivity contribution in [2.45, 2.75) is 19.5 Å². The van der Waals surface area contributed by atoms with Gasteiger partial charge in [-0.25, -0.2) is 15.0 Å². The van der Waals surface area contributed by atoms with Crippen molar-refractivity contribution in [3.8, 4) is 22.8 Å². The van der Waals surface area contributed by atoms with Gasteiger partial charge in [0.25, 0.3) is 5.24 Å². The Bertz CT molecular complexity index is 1910. The molecule has 0 unspecified atom stereocenters. The van der Waals surface area contributed by atoms with Crippen LogP contribution in [-0.2, 0) is 24.2 Å². The van der Waals surface area contributed by atoms with Crippen molar-refractivity contribution in [2.75, 3.05) is 61.8 Å². The summed E-state index contributed by atoms with van der Waals surface area (Å²) in [7, 11) is 3.32. The average molecular weight is 721 g/mol. The summed E-state index contributed by atoms with van der Waals surface area (Å²) in [4.78, 5) is 47.9. The van der Waals surface area contributed by atoms with Crippen LogP contribution < -0.4 is 29.9 Å². The lowest BCUT2D eigenvalue weighted by Gasteiger charge is -2.28. The standard InChI is InChI=1S/C31H33N7O4S.C7H7NO/c1-40-24-7-3-21(4-8-24)19-37(20-22-5-9-25(41-2)10-6-22)29-32-17-23(18-33-29)27-26-11-12-38(31(39)43)28(26)35-30(34-27)36-13-15-42-16-14-36;8-7(9)6-4-2-1-3-5-6/h3-10,17-18H,11-16,19-20H2,1-2H3,(H,39,43);1-5H,(H2,8,9). The molecule has 2 aliphatic rings. The zero-order valence-electron chi connectivity index (χ0n) is 29.0. The van der Waals surface area contributed by atoms with E-state index in [1.807, 2.05) is 54.6 Å². The van der Waals surface area contributed by atoms with Gasteiger partial charge < -0.3 is 29.7 Å². The van der Waals surface area contributed by atoms with E-state index in [0.717, 1.165) is 39.4 Å². The molecule has 0 radical (unpaired) electrons. The highest BCUT2D eigenvalue weighted by Gasteiger charge is 2.31. The Balaban J connectivity index is 0.000000451. The van der Waals surface area contributed by atoms with Crippen molar-refractivity contribution in [3.05, 3.63) is 114 Å². The minimum Gasteiger partial charge on any atom is -0.497 e. The van der Waals surface area contributed by atoms with Crippen molar-refractivity contribution in [2.24, 2.45) is 5.73 Å². The maximum absolute atomic E-state index is 12.3. The number of carbonyl (C=O) groups excluding carboxylic acids is 2. The fourth-order valence-electron chi connectivity index (χ4n) is 5.88. The van der Waals surface area contributed by atoms with Gasteiger partial charge in [0, 0.05) is 61.8 Å². The van der Waals surface area contributed by atoms with E-state index in [9.17, 15) is 9.59 Å². The number of hydrogen-bond acceptors (Lipinski definition) is 11. The van der Waals surface area contributed by atoms with Crippen LogP contribution in [-0.4, -0.2) is 78.1 Å². The Hall–Kier alpha value is -5.73. The van der Waals surface area contributed by atoms with Gasteiger partial charge in [0.05, 0.1) is 33.1 Å². The summed E-state index contributed by atoms with van der Waals surface area (Å²) in [5.41, 5.74) is 10.1. The van der Waals surface area contributed by atoms with Crippen molar-refractivity contribution >= 4 is 41.5 Å². The highest BCUT2D eigenvalue weighted by atomic mass is 32.1. The molecule has 4 heterocycles. The third-order valence-corrected chi connectivity index (χ3v) is 8.90. The molecule has 2 amide bonds. The number of ether oxygens (including phenoxy) is 3. The summed E-state index contributed by atoms with van der Waals surface area (Å²) in [5.74, 6) is 2.97. The number of hydrogen-bond donors (Lipinski definition) is 2. The quantitative estimate of drug-likeness (QED) is 0.184. The SMILES string of the molecule is COc1ccc(CN(Cc2ccc(OC)cc2)c2ncc(-c3nc(N4CCOCC4)nc4c3CCN4C(=O)S)cn2)cc1.NC(=O)c1ccccc1. The summed E-state index contributed by atoms with van der Waals surface area (Å²) in [6.45, 7) is 4.24. The molecule has 0 saturated carbocycles. The Labute approximate surface area is 307 Å². The molecule has 0 atom stereocenters. The van der Waals surface area contributed by atoms with E-state index in [0.29, 0.717) is 75.6 Å². The van der Waals surface area contributed by atoms with Crippen molar-refractivity contribution in [1.29, 1.82) is 0 Å². The van der Waals surface area contributed by atoms with E-state index in [1.54, 1.807) is 55.8 Å². The second-order valence-corrected chi connectivity index (χ2v) is 12.4. The normalized spacial score (nSPS) is 13.4. The summed E-state index contributed by atoms with van der Waals surface area (Å²) in [5, 5.41) is -0.337. The topological polar surface area (TPSA) is 149 Å². The third kappa shape index (κ3) is 8.76. The largest absolute Gasteiger partial charge is 0.497 e. The van der Waals surface area contributed by atoms with Crippen LogP contribution >= 0.6 is 12.6 Å². The van der Waals surface area contributed by atoms with Gasteiger partial charge in [0.1, 0.15) is 17.3 Å². The van der Waals surface area contributed by atoms with Gasteiger partial charge in [-0.2, -0.15) is 4.98 Å². The van der Waals surface area contributed by atoms with E-state index < -0.39 is 0 Å². The average Bonchev–Trinajstić information content (AvgIpc) is 3.64. The Morgan fingerprint density at radius 1 is 0.827 bits per heavy atom. The molecule has 0 spiro atoms. The van der Waals surface area contributed by atoms with Gasteiger partial charge in [-0.3, -0.25) is 14.5 Å². The number of nitrogens with two attached hydrogens (primary N) is 1.